The minimum absolute atomic E-state index is 0.651. The summed E-state index contributed by atoms with van der Waals surface area (Å²) in [5.74, 6) is 2.21. The number of anilines is 1. The maximum Gasteiger partial charge on any atom is 0.211 e. The van der Waals surface area contributed by atoms with Gasteiger partial charge in [0.1, 0.15) is 0 Å². The Bertz CT molecular complexity index is 1080. The molecule has 0 aliphatic heterocycles. The van der Waals surface area contributed by atoms with Gasteiger partial charge < -0.3 is 5.32 Å². The van der Waals surface area contributed by atoms with Crippen LogP contribution < -0.4 is 5.32 Å². The minimum Gasteiger partial charge on any atom is -0.355 e. The molecule has 0 atom stereocenters. The molecule has 0 saturated heterocycles. The van der Waals surface area contributed by atoms with Crippen LogP contribution in [0.3, 0.4) is 0 Å². The summed E-state index contributed by atoms with van der Waals surface area (Å²) in [7, 11) is 0. The zero-order chi connectivity index (χ0) is 16.8. The largest absolute Gasteiger partial charge is 0.355 e. The van der Waals surface area contributed by atoms with E-state index in [1.54, 1.807) is 0 Å². The van der Waals surface area contributed by atoms with Crippen molar-refractivity contribution < 1.29 is 0 Å². The summed E-state index contributed by atoms with van der Waals surface area (Å²) in [4.78, 5) is 4.82. The standard InChI is InChI=1S/C19H16ClN5/c20-15-7-3-1-5-13(15)17-23-24-18-14-6-2-4-8-16(14)22-19(25(17)18)21-11-12-9-10-12/h1-8,12H,9-11H2,(H,21,22). The number of para-hydroxylation sites is 1. The second-order valence-electron chi connectivity index (χ2n) is 6.44. The van der Waals surface area contributed by atoms with Gasteiger partial charge in [-0.05, 0) is 43.0 Å². The minimum atomic E-state index is 0.651. The monoisotopic (exact) mass is 349 g/mol. The van der Waals surface area contributed by atoms with Crippen molar-refractivity contribution in [2.45, 2.75) is 12.8 Å². The lowest BCUT2D eigenvalue weighted by molar-refractivity contribution is 0.870. The van der Waals surface area contributed by atoms with E-state index in [9.17, 15) is 0 Å². The third-order valence-corrected chi connectivity index (χ3v) is 4.94. The summed E-state index contributed by atoms with van der Waals surface area (Å²) in [6, 6.07) is 15.7. The quantitative estimate of drug-likeness (QED) is 0.592. The molecule has 1 aliphatic carbocycles. The molecular formula is C19H16ClN5. The third-order valence-electron chi connectivity index (χ3n) is 4.61. The van der Waals surface area contributed by atoms with Crippen LogP contribution in [0.2, 0.25) is 5.02 Å². The van der Waals surface area contributed by atoms with Gasteiger partial charge in [0.2, 0.25) is 5.95 Å². The number of hydrogen-bond donors (Lipinski definition) is 1. The van der Waals surface area contributed by atoms with Crippen LogP contribution in [-0.2, 0) is 0 Å². The number of fused-ring (bicyclic) bond motifs is 3. The molecule has 5 nitrogen and oxygen atoms in total. The number of nitrogens with one attached hydrogen (secondary N) is 1. The van der Waals surface area contributed by atoms with Crippen LogP contribution in [-0.4, -0.2) is 26.1 Å². The molecule has 2 aromatic heterocycles. The van der Waals surface area contributed by atoms with E-state index in [1.165, 1.54) is 12.8 Å². The summed E-state index contributed by atoms with van der Waals surface area (Å²) in [5, 5.41) is 14.0. The van der Waals surface area contributed by atoms with Crippen LogP contribution in [0.1, 0.15) is 12.8 Å². The van der Waals surface area contributed by atoms with Gasteiger partial charge in [-0.3, -0.25) is 0 Å². The van der Waals surface area contributed by atoms with E-state index in [0.29, 0.717) is 10.8 Å². The highest BCUT2D eigenvalue weighted by Gasteiger charge is 2.23. The van der Waals surface area contributed by atoms with Gasteiger partial charge in [0.05, 0.1) is 10.5 Å². The SMILES string of the molecule is Clc1ccccc1-c1nnc2c3ccccc3nc(NCC3CC3)n12. The Morgan fingerprint density at radius 3 is 2.68 bits per heavy atom. The highest BCUT2D eigenvalue weighted by molar-refractivity contribution is 6.33. The molecule has 1 saturated carbocycles. The number of hydrogen-bond acceptors (Lipinski definition) is 4. The number of halogens is 1. The molecule has 0 spiro atoms. The average molecular weight is 350 g/mol. The van der Waals surface area contributed by atoms with E-state index >= 15 is 0 Å². The van der Waals surface area contributed by atoms with E-state index in [-0.39, 0.29) is 0 Å². The Kier molecular flexibility index (Phi) is 3.35. The average Bonchev–Trinajstić information content (AvgIpc) is 3.37. The number of nitrogens with zero attached hydrogens (tertiary/aromatic N) is 4. The molecule has 6 heteroatoms. The Morgan fingerprint density at radius 2 is 1.84 bits per heavy atom. The molecule has 1 N–H and O–H groups in total. The highest BCUT2D eigenvalue weighted by atomic mass is 35.5. The number of benzene rings is 2. The van der Waals surface area contributed by atoms with Crippen molar-refractivity contribution in [3.8, 4) is 11.4 Å². The molecular weight excluding hydrogens is 334 g/mol. The van der Waals surface area contributed by atoms with Crippen molar-refractivity contribution in [1.29, 1.82) is 0 Å². The van der Waals surface area contributed by atoms with Gasteiger partial charge in [0, 0.05) is 17.5 Å². The topological polar surface area (TPSA) is 55.1 Å². The Balaban J connectivity index is 1.78. The van der Waals surface area contributed by atoms with Gasteiger partial charge in [-0.25, -0.2) is 9.38 Å². The predicted molar refractivity (Wildman–Crippen MR) is 99.9 cm³/mol. The number of rotatable bonds is 4. The van der Waals surface area contributed by atoms with Crippen molar-refractivity contribution in [2.24, 2.45) is 5.92 Å². The zero-order valence-electron chi connectivity index (χ0n) is 13.5. The van der Waals surface area contributed by atoms with Gasteiger partial charge in [0.15, 0.2) is 11.5 Å². The van der Waals surface area contributed by atoms with Gasteiger partial charge in [-0.15, -0.1) is 10.2 Å². The van der Waals surface area contributed by atoms with Gasteiger partial charge in [-0.1, -0.05) is 35.9 Å². The molecule has 1 fully saturated rings. The summed E-state index contributed by atoms with van der Waals surface area (Å²) in [6.45, 7) is 0.917. The van der Waals surface area contributed by atoms with Crippen LogP contribution in [0, 0.1) is 5.92 Å². The fourth-order valence-electron chi connectivity index (χ4n) is 3.08. The van der Waals surface area contributed by atoms with E-state index in [4.69, 9.17) is 16.6 Å². The van der Waals surface area contributed by atoms with E-state index in [2.05, 4.69) is 15.5 Å². The molecule has 0 radical (unpaired) electrons. The third kappa shape index (κ3) is 2.51. The van der Waals surface area contributed by atoms with Crippen LogP contribution in [0.25, 0.3) is 27.9 Å². The van der Waals surface area contributed by atoms with Crippen LogP contribution >= 0.6 is 11.6 Å². The molecule has 5 rings (SSSR count). The molecule has 124 valence electrons. The molecule has 0 amide bonds. The van der Waals surface area contributed by atoms with Crippen molar-refractivity contribution in [2.75, 3.05) is 11.9 Å². The van der Waals surface area contributed by atoms with Gasteiger partial charge in [-0.2, -0.15) is 0 Å². The summed E-state index contributed by atoms with van der Waals surface area (Å²) in [6.07, 6.45) is 2.56. The van der Waals surface area contributed by atoms with Crippen molar-refractivity contribution in [1.82, 2.24) is 19.6 Å². The van der Waals surface area contributed by atoms with E-state index in [0.717, 1.165) is 40.5 Å². The maximum absolute atomic E-state index is 6.40. The normalized spacial score (nSPS) is 14.3. The zero-order valence-corrected chi connectivity index (χ0v) is 14.2. The lowest BCUT2D eigenvalue weighted by Gasteiger charge is -2.11. The Hall–Kier alpha value is -2.66. The molecule has 2 aromatic carbocycles. The molecule has 2 heterocycles. The first kappa shape index (κ1) is 14.7. The second-order valence-corrected chi connectivity index (χ2v) is 6.85. The summed E-state index contributed by atoms with van der Waals surface area (Å²) >= 11 is 6.40. The van der Waals surface area contributed by atoms with Crippen molar-refractivity contribution in [3.05, 3.63) is 53.6 Å². The summed E-state index contributed by atoms with van der Waals surface area (Å²) in [5.41, 5.74) is 2.55. The molecule has 4 aromatic rings. The van der Waals surface area contributed by atoms with Crippen molar-refractivity contribution in [3.63, 3.8) is 0 Å². The maximum atomic E-state index is 6.40. The summed E-state index contributed by atoms with van der Waals surface area (Å²) < 4.78 is 1.98. The highest BCUT2D eigenvalue weighted by Crippen LogP contribution is 2.32. The fraction of sp³-hybridized carbons (Fsp3) is 0.211. The van der Waals surface area contributed by atoms with Gasteiger partial charge >= 0.3 is 0 Å². The lowest BCUT2D eigenvalue weighted by atomic mass is 10.2. The molecule has 0 bridgehead atoms. The van der Waals surface area contributed by atoms with Crippen LogP contribution in [0.4, 0.5) is 5.95 Å². The lowest BCUT2D eigenvalue weighted by Crippen LogP contribution is -2.10. The van der Waals surface area contributed by atoms with Crippen molar-refractivity contribution >= 4 is 34.1 Å². The van der Waals surface area contributed by atoms with Gasteiger partial charge in [0.25, 0.3) is 0 Å². The van der Waals surface area contributed by atoms with E-state index in [1.807, 2.05) is 52.9 Å². The molecule has 1 aliphatic rings. The fourth-order valence-corrected chi connectivity index (χ4v) is 3.30. The second kappa shape index (κ2) is 5.70. The Morgan fingerprint density at radius 1 is 1.04 bits per heavy atom. The smallest absolute Gasteiger partial charge is 0.211 e. The van der Waals surface area contributed by atoms with Crippen LogP contribution in [0.15, 0.2) is 48.5 Å². The molecule has 25 heavy (non-hydrogen) atoms. The van der Waals surface area contributed by atoms with E-state index < -0.39 is 0 Å². The molecule has 0 unspecified atom stereocenters. The number of aromatic nitrogens is 4. The van der Waals surface area contributed by atoms with Crippen LogP contribution in [0.5, 0.6) is 0 Å². The first-order chi connectivity index (χ1) is 12.3. The predicted octanol–water partition coefficient (Wildman–Crippen LogP) is 4.42. The first-order valence-corrected chi connectivity index (χ1v) is 8.82. The first-order valence-electron chi connectivity index (χ1n) is 8.44. The Labute approximate surface area is 149 Å².